The van der Waals surface area contributed by atoms with Gasteiger partial charge in [0, 0.05) is 22.4 Å². The van der Waals surface area contributed by atoms with E-state index in [4.69, 9.17) is 4.98 Å². The number of aliphatic hydroxyl groups is 1. The SMILES string of the molecule is Cc1cc(C)c2nc(N3C(=O)C(=O)C(=C(O)c4ccncc4)C3c3cccc(Br)c3)sc2c1. The quantitative estimate of drug-likeness (QED) is 0.213. The zero-order valence-electron chi connectivity index (χ0n) is 17.7. The number of hydrogen-bond donors (Lipinski definition) is 1. The lowest BCUT2D eigenvalue weighted by Crippen LogP contribution is -2.29. The third-order valence-corrected chi connectivity index (χ3v) is 7.08. The first-order valence-corrected chi connectivity index (χ1v) is 11.8. The number of benzene rings is 2. The lowest BCUT2D eigenvalue weighted by molar-refractivity contribution is -0.132. The molecule has 4 aromatic rings. The largest absolute Gasteiger partial charge is 0.507 e. The third-order valence-electron chi connectivity index (χ3n) is 5.59. The van der Waals surface area contributed by atoms with Crippen LogP contribution in [0.4, 0.5) is 5.13 Å². The molecule has 164 valence electrons. The van der Waals surface area contributed by atoms with Crippen molar-refractivity contribution >= 4 is 60.1 Å². The van der Waals surface area contributed by atoms with E-state index in [9.17, 15) is 14.7 Å². The predicted molar refractivity (Wildman–Crippen MR) is 132 cm³/mol. The molecule has 1 atom stereocenters. The molecule has 3 heterocycles. The minimum Gasteiger partial charge on any atom is -0.507 e. The van der Waals surface area contributed by atoms with Gasteiger partial charge in [-0.3, -0.25) is 19.5 Å². The number of Topliss-reactive ketones (excluding diaryl/α,β-unsaturated/α-hetero) is 1. The van der Waals surface area contributed by atoms with Gasteiger partial charge in [-0.1, -0.05) is 45.5 Å². The summed E-state index contributed by atoms with van der Waals surface area (Å²) in [5, 5.41) is 11.5. The maximum Gasteiger partial charge on any atom is 0.301 e. The molecule has 1 fully saturated rings. The molecule has 2 aromatic carbocycles. The number of fused-ring (bicyclic) bond motifs is 1. The Morgan fingerprint density at radius 1 is 1.09 bits per heavy atom. The number of nitrogens with zero attached hydrogens (tertiary/aromatic N) is 3. The smallest absolute Gasteiger partial charge is 0.301 e. The number of carbonyl (C=O) groups excluding carboxylic acids is 2. The Bertz CT molecular complexity index is 1460. The van der Waals surface area contributed by atoms with E-state index in [0.29, 0.717) is 16.3 Å². The molecule has 1 N–H and O–H groups in total. The molecule has 0 aliphatic carbocycles. The summed E-state index contributed by atoms with van der Waals surface area (Å²) in [5.74, 6) is -1.71. The summed E-state index contributed by atoms with van der Waals surface area (Å²) in [6, 6.07) is 13.8. The van der Waals surface area contributed by atoms with Gasteiger partial charge in [-0.25, -0.2) is 4.98 Å². The fourth-order valence-corrected chi connectivity index (χ4v) is 5.73. The van der Waals surface area contributed by atoms with Crippen molar-refractivity contribution in [3.05, 3.63) is 93.2 Å². The van der Waals surface area contributed by atoms with Crippen LogP contribution in [0.5, 0.6) is 0 Å². The van der Waals surface area contributed by atoms with Crippen molar-refractivity contribution in [3.8, 4) is 0 Å². The van der Waals surface area contributed by atoms with Gasteiger partial charge in [0.15, 0.2) is 5.13 Å². The zero-order chi connectivity index (χ0) is 23.3. The first kappa shape index (κ1) is 21.5. The van der Waals surface area contributed by atoms with Crippen molar-refractivity contribution in [2.24, 2.45) is 0 Å². The van der Waals surface area contributed by atoms with Crippen molar-refractivity contribution < 1.29 is 14.7 Å². The Morgan fingerprint density at radius 2 is 1.85 bits per heavy atom. The van der Waals surface area contributed by atoms with E-state index in [2.05, 4.69) is 20.9 Å². The lowest BCUT2D eigenvalue weighted by atomic mass is 9.96. The maximum atomic E-state index is 13.3. The number of thiazole rings is 1. The average Bonchev–Trinajstić information content (AvgIpc) is 3.33. The van der Waals surface area contributed by atoms with Crippen LogP contribution in [0.25, 0.3) is 16.0 Å². The van der Waals surface area contributed by atoms with Crippen LogP contribution >= 0.6 is 27.3 Å². The number of aryl methyl sites for hydroxylation is 2. The molecule has 1 amide bonds. The molecule has 8 heteroatoms. The van der Waals surface area contributed by atoms with Gasteiger partial charge in [0.2, 0.25) is 0 Å². The minimum atomic E-state index is -0.822. The van der Waals surface area contributed by atoms with Gasteiger partial charge < -0.3 is 5.11 Å². The molecule has 6 nitrogen and oxygen atoms in total. The van der Waals surface area contributed by atoms with Gasteiger partial charge in [-0.05, 0) is 60.9 Å². The molecule has 33 heavy (non-hydrogen) atoms. The third kappa shape index (κ3) is 3.65. The number of carbonyl (C=O) groups is 2. The fourth-order valence-electron chi connectivity index (χ4n) is 4.15. The Hall–Kier alpha value is -3.36. The van der Waals surface area contributed by atoms with Crippen LogP contribution in [0.15, 0.2) is 71.0 Å². The van der Waals surface area contributed by atoms with Crippen LogP contribution in [-0.4, -0.2) is 26.8 Å². The number of amides is 1. The Balaban J connectivity index is 1.76. The van der Waals surface area contributed by atoms with E-state index in [1.54, 1.807) is 12.1 Å². The van der Waals surface area contributed by atoms with Crippen molar-refractivity contribution in [3.63, 3.8) is 0 Å². The number of halogens is 1. The molecule has 0 saturated carbocycles. The summed E-state index contributed by atoms with van der Waals surface area (Å²) < 4.78 is 1.73. The van der Waals surface area contributed by atoms with Crippen LogP contribution < -0.4 is 4.90 Å². The van der Waals surface area contributed by atoms with Crippen molar-refractivity contribution in [1.82, 2.24) is 9.97 Å². The molecule has 0 bridgehead atoms. The van der Waals surface area contributed by atoms with Gasteiger partial charge in [-0.2, -0.15) is 0 Å². The van der Waals surface area contributed by atoms with E-state index in [0.717, 1.165) is 25.8 Å². The zero-order valence-corrected chi connectivity index (χ0v) is 20.1. The summed E-state index contributed by atoms with van der Waals surface area (Å²) in [6.07, 6.45) is 3.05. The number of rotatable bonds is 3. The molecule has 1 aliphatic heterocycles. The van der Waals surface area contributed by atoms with E-state index in [1.807, 2.05) is 50.2 Å². The number of aliphatic hydroxyl groups excluding tert-OH is 1. The number of ketones is 1. The van der Waals surface area contributed by atoms with Crippen LogP contribution in [-0.2, 0) is 9.59 Å². The number of hydrogen-bond acceptors (Lipinski definition) is 6. The van der Waals surface area contributed by atoms with Gasteiger partial charge >= 0.3 is 5.91 Å². The highest BCUT2D eigenvalue weighted by molar-refractivity contribution is 9.10. The van der Waals surface area contributed by atoms with Gasteiger partial charge in [-0.15, -0.1) is 0 Å². The Labute approximate surface area is 202 Å². The Kier molecular flexibility index (Phi) is 5.34. The molecule has 1 unspecified atom stereocenters. The molecular formula is C25H18BrN3O3S. The van der Waals surface area contributed by atoms with Crippen molar-refractivity contribution in [1.29, 1.82) is 0 Å². The molecule has 0 spiro atoms. The normalized spacial score (nSPS) is 17.8. The molecule has 1 saturated heterocycles. The highest BCUT2D eigenvalue weighted by Gasteiger charge is 2.48. The monoisotopic (exact) mass is 519 g/mol. The lowest BCUT2D eigenvalue weighted by Gasteiger charge is -2.23. The minimum absolute atomic E-state index is 0.0245. The second kappa shape index (κ2) is 8.20. The first-order chi connectivity index (χ1) is 15.8. The van der Waals surface area contributed by atoms with E-state index < -0.39 is 17.7 Å². The summed E-state index contributed by atoms with van der Waals surface area (Å²) in [4.78, 5) is 36.7. The van der Waals surface area contributed by atoms with Gasteiger partial charge in [0.05, 0.1) is 21.8 Å². The fraction of sp³-hybridized carbons (Fsp3) is 0.120. The molecular weight excluding hydrogens is 502 g/mol. The summed E-state index contributed by atoms with van der Waals surface area (Å²) >= 11 is 4.83. The Morgan fingerprint density at radius 3 is 2.58 bits per heavy atom. The van der Waals surface area contributed by atoms with Crippen LogP contribution in [0.1, 0.15) is 28.3 Å². The van der Waals surface area contributed by atoms with E-state index in [-0.39, 0.29) is 11.3 Å². The standard InChI is InChI=1S/C25H18BrN3O3S/c1-13-10-14(2)20-18(11-13)33-25(28-20)29-21(16-4-3-5-17(26)12-16)19(23(31)24(29)32)22(30)15-6-8-27-9-7-15/h3-12,21,30H,1-2H3. The topological polar surface area (TPSA) is 83.4 Å². The van der Waals surface area contributed by atoms with Crippen LogP contribution in [0.2, 0.25) is 0 Å². The molecule has 0 radical (unpaired) electrons. The average molecular weight is 520 g/mol. The molecule has 1 aliphatic rings. The van der Waals surface area contributed by atoms with Crippen molar-refractivity contribution in [2.75, 3.05) is 4.90 Å². The van der Waals surface area contributed by atoms with E-state index in [1.165, 1.54) is 28.6 Å². The maximum absolute atomic E-state index is 13.3. The van der Waals surface area contributed by atoms with Crippen molar-refractivity contribution in [2.45, 2.75) is 19.9 Å². The van der Waals surface area contributed by atoms with Gasteiger partial charge in [0.1, 0.15) is 5.76 Å². The summed E-state index contributed by atoms with van der Waals surface area (Å²) in [5.41, 5.74) is 4.02. The second-order valence-corrected chi connectivity index (χ2v) is 9.81. The second-order valence-electron chi connectivity index (χ2n) is 7.88. The summed E-state index contributed by atoms with van der Waals surface area (Å²) in [6.45, 7) is 3.98. The molecule has 5 rings (SSSR count). The highest BCUT2D eigenvalue weighted by Crippen LogP contribution is 2.45. The first-order valence-electron chi connectivity index (χ1n) is 10.2. The predicted octanol–water partition coefficient (Wildman–Crippen LogP) is 5.70. The number of anilines is 1. The van der Waals surface area contributed by atoms with Crippen LogP contribution in [0, 0.1) is 13.8 Å². The van der Waals surface area contributed by atoms with Crippen LogP contribution in [0.3, 0.4) is 0 Å². The molecule has 2 aromatic heterocycles. The number of pyridine rings is 1. The van der Waals surface area contributed by atoms with E-state index >= 15 is 0 Å². The van der Waals surface area contributed by atoms with Gasteiger partial charge in [0.25, 0.3) is 5.78 Å². The highest BCUT2D eigenvalue weighted by atomic mass is 79.9. The number of aromatic nitrogens is 2. The summed E-state index contributed by atoms with van der Waals surface area (Å²) in [7, 11) is 0.